The SMILES string of the molecule is Cc1nc2c(-c3ccc(S(=O)(=O)NC(C)(C)C)cc3)cccc2n1CC(F)=CCN.Cl. The van der Waals surface area contributed by atoms with E-state index in [-0.39, 0.29) is 36.2 Å². The third-order valence-electron chi connectivity index (χ3n) is 4.53. The normalized spacial score (nSPS) is 12.8. The van der Waals surface area contributed by atoms with Gasteiger partial charge in [-0.1, -0.05) is 24.3 Å². The van der Waals surface area contributed by atoms with E-state index >= 15 is 0 Å². The van der Waals surface area contributed by atoms with Crippen molar-refractivity contribution < 1.29 is 12.8 Å². The van der Waals surface area contributed by atoms with Gasteiger partial charge in [-0.2, -0.15) is 0 Å². The van der Waals surface area contributed by atoms with Crippen LogP contribution in [0.4, 0.5) is 4.39 Å². The van der Waals surface area contributed by atoms with Gasteiger partial charge in [-0.3, -0.25) is 0 Å². The molecule has 1 heterocycles. The fraction of sp³-hybridized carbons (Fsp3) is 0.318. The monoisotopic (exact) mass is 466 g/mol. The number of nitrogens with zero attached hydrogens (tertiary/aromatic N) is 2. The Bertz CT molecular complexity index is 1200. The number of benzene rings is 2. The number of para-hydroxylation sites is 1. The molecule has 0 radical (unpaired) electrons. The van der Waals surface area contributed by atoms with E-state index in [1.807, 2.05) is 25.1 Å². The Morgan fingerprint density at radius 2 is 1.84 bits per heavy atom. The number of hydrogen-bond acceptors (Lipinski definition) is 4. The molecule has 3 N–H and O–H groups in total. The standard InChI is InChI=1S/C22H27FN4O2S.ClH/c1-15-25-21-19(6-5-7-20(21)27(15)14-17(23)12-13-24)16-8-10-18(11-9-16)30(28,29)26-22(2,3)4;/h5-12,26H,13-14,24H2,1-4H3;1H. The Hall–Kier alpha value is -2.26. The molecule has 0 spiro atoms. The van der Waals surface area contributed by atoms with Crippen molar-refractivity contribution in [2.45, 2.75) is 44.7 Å². The molecule has 2 aromatic carbocycles. The Balaban J connectivity index is 0.00000341. The minimum absolute atomic E-state index is 0. The van der Waals surface area contributed by atoms with Crippen molar-refractivity contribution in [3.8, 4) is 11.1 Å². The molecule has 0 aliphatic heterocycles. The van der Waals surface area contributed by atoms with Crippen LogP contribution < -0.4 is 10.5 Å². The summed E-state index contributed by atoms with van der Waals surface area (Å²) in [5, 5.41) is 0. The van der Waals surface area contributed by atoms with Gasteiger partial charge in [-0.05, 0) is 57.5 Å². The van der Waals surface area contributed by atoms with E-state index in [1.54, 1.807) is 49.6 Å². The van der Waals surface area contributed by atoms with Crippen LogP contribution in [-0.4, -0.2) is 30.1 Å². The van der Waals surface area contributed by atoms with Crippen LogP contribution in [0.1, 0.15) is 26.6 Å². The fourth-order valence-electron chi connectivity index (χ4n) is 3.31. The number of hydrogen-bond donors (Lipinski definition) is 2. The lowest BCUT2D eigenvalue weighted by molar-refractivity contribution is 0.491. The predicted molar refractivity (Wildman–Crippen MR) is 125 cm³/mol. The summed E-state index contributed by atoms with van der Waals surface area (Å²) in [5.74, 6) is 0.373. The van der Waals surface area contributed by atoms with Crippen molar-refractivity contribution >= 4 is 33.5 Å². The zero-order valence-electron chi connectivity index (χ0n) is 18.0. The van der Waals surface area contributed by atoms with Crippen LogP contribution in [0.25, 0.3) is 22.2 Å². The van der Waals surface area contributed by atoms with Crippen LogP contribution in [0.3, 0.4) is 0 Å². The summed E-state index contributed by atoms with van der Waals surface area (Å²) >= 11 is 0. The Morgan fingerprint density at radius 3 is 2.42 bits per heavy atom. The van der Waals surface area contributed by atoms with Crippen LogP contribution in [0.15, 0.2) is 59.3 Å². The zero-order valence-corrected chi connectivity index (χ0v) is 19.6. The van der Waals surface area contributed by atoms with Gasteiger partial charge in [0.1, 0.15) is 11.7 Å². The van der Waals surface area contributed by atoms with Crippen molar-refractivity contribution in [1.82, 2.24) is 14.3 Å². The number of nitrogens with one attached hydrogen (secondary N) is 1. The number of halogens is 2. The first kappa shape index (κ1) is 25.0. The number of fused-ring (bicyclic) bond motifs is 1. The van der Waals surface area contributed by atoms with Gasteiger partial charge in [-0.15, -0.1) is 12.4 Å². The van der Waals surface area contributed by atoms with Crippen LogP contribution >= 0.6 is 12.4 Å². The summed E-state index contributed by atoms with van der Waals surface area (Å²) in [7, 11) is -3.61. The van der Waals surface area contributed by atoms with Gasteiger partial charge in [0.2, 0.25) is 10.0 Å². The van der Waals surface area contributed by atoms with Gasteiger partial charge in [0.15, 0.2) is 0 Å². The quantitative estimate of drug-likeness (QED) is 0.566. The lowest BCUT2D eigenvalue weighted by Crippen LogP contribution is -2.40. The Morgan fingerprint density at radius 1 is 1.19 bits per heavy atom. The van der Waals surface area contributed by atoms with Gasteiger partial charge in [-0.25, -0.2) is 22.5 Å². The van der Waals surface area contributed by atoms with E-state index in [0.29, 0.717) is 5.82 Å². The smallest absolute Gasteiger partial charge is 0.241 e. The minimum atomic E-state index is -3.61. The Kier molecular flexibility index (Phi) is 7.65. The number of sulfonamides is 1. The molecule has 1 aromatic heterocycles. The van der Waals surface area contributed by atoms with Gasteiger partial charge in [0.25, 0.3) is 0 Å². The van der Waals surface area contributed by atoms with E-state index in [2.05, 4.69) is 9.71 Å². The highest BCUT2D eigenvalue weighted by molar-refractivity contribution is 7.89. The van der Waals surface area contributed by atoms with E-state index in [1.165, 1.54) is 6.08 Å². The average Bonchev–Trinajstić information content (AvgIpc) is 2.95. The van der Waals surface area contributed by atoms with Gasteiger partial charge in [0.05, 0.1) is 22.5 Å². The molecule has 0 amide bonds. The molecule has 0 saturated carbocycles. The number of nitrogens with two attached hydrogens (primary N) is 1. The lowest BCUT2D eigenvalue weighted by Gasteiger charge is -2.20. The maximum atomic E-state index is 14.0. The van der Waals surface area contributed by atoms with Crippen molar-refractivity contribution in [2.75, 3.05) is 6.54 Å². The average molecular weight is 467 g/mol. The fourth-order valence-corrected chi connectivity index (χ4v) is 4.73. The summed E-state index contributed by atoms with van der Waals surface area (Å²) in [4.78, 5) is 4.83. The second kappa shape index (κ2) is 9.48. The molecule has 3 aromatic rings. The second-order valence-corrected chi connectivity index (χ2v) is 9.87. The molecule has 0 atom stereocenters. The first-order valence-electron chi connectivity index (χ1n) is 9.67. The number of aromatic nitrogens is 2. The minimum Gasteiger partial charge on any atom is -0.327 e. The highest BCUT2D eigenvalue weighted by atomic mass is 35.5. The maximum absolute atomic E-state index is 14.0. The van der Waals surface area contributed by atoms with Gasteiger partial charge >= 0.3 is 0 Å². The van der Waals surface area contributed by atoms with E-state index in [0.717, 1.165) is 22.2 Å². The molecule has 0 bridgehead atoms. The third kappa shape index (κ3) is 5.71. The summed E-state index contributed by atoms with van der Waals surface area (Å²) in [6, 6.07) is 12.4. The van der Waals surface area contributed by atoms with Crippen LogP contribution in [0.5, 0.6) is 0 Å². The molecule has 0 aliphatic rings. The maximum Gasteiger partial charge on any atom is 0.241 e. The third-order valence-corrected chi connectivity index (χ3v) is 6.31. The summed E-state index contributed by atoms with van der Waals surface area (Å²) in [6.45, 7) is 7.42. The van der Waals surface area contributed by atoms with Gasteiger partial charge < -0.3 is 10.3 Å². The lowest BCUT2D eigenvalue weighted by atomic mass is 10.0. The van der Waals surface area contributed by atoms with Crippen LogP contribution in [-0.2, 0) is 16.6 Å². The van der Waals surface area contributed by atoms with Crippen LogP contribution in [0.2, 0.25) is 0 Å². The largest absolute Gasteiger partial charge is 0.327 e. The molecule has 0 aliphatic carbocycles. The zero-order chi connectivity index (χ0) is 22.1. The number of rotatable bonds is 6. The predicted octanol–water partition coefficient (Wildman–Crippen LogP) is 4.32. The number of aryl methyl sites for hydroxylation is 1. The molecular weight excluding hydrogens is 439 g/mol. The van der Waals surface area contributed by atoms with Crippen molar-refractivity contribution in [3.63, 3.8) is 0 Å². The molecule has 0 unspecified atom stereocenters. The molecule has 6 nitrogen and oxygen atoms in total. The molecule has 31 heavy (non-hydrogen) atoms. The molecule has 0 fully saturated rings. The number of allylic oxidation sites excluding steroid dienone is 1. The van der Waals surface area contributed by atoms with Crippen LogP contribution in [0, 0.1) is 6.92 Å². The first-order valence-corrected chi connectivity index (χ1v) is 11.1. The van der Waals surface area contributed by atoms with Crippen molar-refractivity contribution in [2.24, 2.45) is 5.73 Å². The Labute approximate surface area is 188 Å². The first-order chi connectivity index (χ1) is 14.0. The number of imidazole rings is 1. The molecule has 3 rings (SSSR count). The topological polar surface area (TPSA) is 90.0 Å². The van der Waals surface area contributed by atoms with Crippen molar-refractivity contribution in [3.05, 3.63) is 60.2 Å². The molecule has 168 valence electrons. The summed E-state index contributed by atoms with van der Waals surface area (Å²) in [5.41, 5.74) is 8.05. The van der Waals surface area contributed by atoms with Crippen molar-refractivity contribution in [1.29, 1.82) is 0 Å². The van der Waals surface area contributed by atoms with E-state index in [4.69, 9.17) is 5.73 Å². The summed E-state index contributed by atoms with van der Waals surface area (Å²) < 4.78 is 43.6. The highest BCUT2D eigenvalue weighted by Crippen LogP contribution is 2.30. The van der Waals surface area contributed by atoms with E-state index in [9.17, 15) is 12.8 Å². The molecule has 9 heteroatoms. The van der Waals surface area contributed by atoms with Gasteiger partial charge in [0, 0.05) is 17.6 Å². The molecular formula is C22H28ClFN4O2S. The van der Waals surface area contributed by atoms with E-state index < -0.39 is 15.6 Å². The highest BCUT2D eigenvalue weighted by Gasteiger charge is 2.22. The summed E-state index contributed by atoms with van der Waals surface area (Å²) in [6.07, 6.45) is 1.35. The molecule has 0 saturated heterocycles. The second-order valence-electron chi connectivity index (χ2n) is 8.19.